The Labute approximate surface area is 131 Å². The zero-order valence-corrected chi connectivity index (χ0v) is 13.5. The number of hydrogen-bond donors (Lipinski definition) is 1. The first-order valence-corrected chi connectivity index (χ1v) is 7.59. The van der Waals surface area contributed by atoms with Crippen LogP contribution in [0, 0.1) is 16.0 Å². The minimum Gasteiger partial charge on any atom is -0.333 e. The summed E-state index contributed by atoms with van der Waals surface area (Å²) >= 11 is 3.24. The monoisotopic (exact) mass is 355 g/mol. The van der Waals surface area contributed by atoms with Crippen molar-refractivity contribution < 1.29 is 9.72 Å². The minimum atomic E-state index is -0.437. The van der Waals surface area contributed by atoms with E-state index in [0.29, 0.717) is 16.6 Å². The van der Waals surface area contributed by atoms with Crippen LogP contribution in [0.4, 0.5) is 5.69 Å². The fourth-order valence-corrected chi connectivity index (χ4v) is 3.10. The summed E-state index contributed by atoms with van der Waals surface area (Å²) in [5, 5.41) is 11.3. The molecule has 114 valence electrons. The molecule has 0 spiro atoms. The van der Waals surface area contributed by atoms with Crippen LogP contribution < -0.4 is 5.73 Å². The zero-order chi connectivity index (χ0) is 15.7. The van der Waals surface area contributed by atoms with Gasteiger partial charge in [0.2, 0.25) is 5.91 Å². The summed E-state index contributed by atoms with van der Waals surface area (Å²) in [7, 11) is 0. The Kier molecular flexibility index (Phi) is 4.63. The highest BCUT2D eigenvalue weighted by molar-refractivity contribution is 9.10. The first kappa shape index (κ1) is 15.9. The molecule has 0 saturated carbocycles. The Morgan fingerprint density at radius 1 is 1.52 bits per heavy atom. The van der Waals surface area contributed by atoms with E-state index in [1.54, 1.807) is 17.0 Å². The van der Waals surface area contributed by atoms with Crippen LogP contribution in [0.1, 0.15) is 31.9 Å². The van der Waals surface area contributed by atoms with E-state index in [1.807, 2.05) is 13.8 Å². The van der Waals surface area contributed by atoms with Gasteiger partial charge in [0.25, 0.3) is 5.69 Å². The maximum atomic E-state index is 12.1. The molecule has 1 aromatic rings. The van der Waals surface area contributed by atoms with Crippen molar-refractivity contribution >= 4 is 27.5 Å². The third kappa shape index (κ3) is 3.24. The lowest BCUT2D eigenvalue weighted by molar-refractivity contribution is -0.386. The summed E-state index contributed by atoms with van der Waals surface area (Å²) in [6.45, 7) is 4.55. The molecule has 0 aliphatic carbocycles. The van der Waals surface area contributed by atoms with Crippen molar-refractivity contribution in [2.75, 3.05) is 6.54 Å². The number of amides is 1. The van der Waals surface area contributed by atoms with E-state index in [4.69, 9.17) is 5.73 Å². The number of nitrogens with zero attached hydrogens (tertiary/aromatic N) is 2. The zero-order valence-electron chi connectivity index (χ0n) is 12.0. The quantitative estimate of drug-likeness (QED) is 0.663. The van der Waals surface area contributed by atoms with Crippen LogP contribution in [0.25, 0.3) is 0 Å². The Bertz CT molecular complexity index is 577. The van der Waals surface area contributed by atoms with Gasteiger partial charge in [0.1, 0.15) is 0 Å². The van der Waals surface area contributed by atoms with Crippen LogP contribution >= 0.6 is 15.9 Å². The van der Waals surface area contributed by atoms with Gasteiger partial charge >= 0.3 is 0 Å². The number of halogens is 1. The molecule has 1 saturated heterocycles. The average Bonchev–Trinajstić information content (AvgIpc) is 2.64. The van der Waals surface area contributed by atoms with Gasteiger partial charge in [0.15, 0.2) is 0 Å². The number of nitrogens with two attached hydrogens (primary N) is 1. The van der Waals surface area contributed by atoms with Crippen molar-refractivity contribution in [3.8, 4) is 0 Å². The molecule has 1 amide bonds. The predicted molar refractivity (Wildman–Crippen MR) is 82.7 cm³/mol. The average molecular weight is 356 g/mol. The Balaban J connectivity index is 2.47. The van der Waals surface area contributed by atoms with E-state index in [9.17, 15) is 14.9 Å². The summed E-state index contributed by atoms with van der Waals surface area (Å²) in [5.41, 5.74) is 6.57. The van der Waals surface area contributed by atoms with Crippen molar-refractivity contribution in [2.24, 2.45) is 11.7 Å². The van der Waals surface area contributed by atoms with E-state index in [0.717, 1.165) is 0 Å². The van der Waals surface area contributed by atoms with Crippen LogP contribution in [-0.4, -0.2) is 28.3 Å². The van der Waals surface area contributed by atoms with Crippen LogP contribution in [0.2, 0.25) is 0 Å². The third-order valence-electron chi connectivity index (χ3n) is 3.54. The molecular weight excluding hydrogens is 338 g/mol. The lowest BCUT2D eigenvalue weighted by Crippen LogP contribution is -2.35. The lowest BCUT2D eigenvalue weighted by atomic mass is 9.98. The number of hydrogen-bond acceptors (Lipinski definition) is 4. The summed E-state index contributed by atoms with van der Waals surface area (Å²) in [5.74, 6) is 0.231. The highest BCUT2D eigenvalue weighted by Gasteiger charge is 2.41. The summed E-state index contributed by atoms with van der Waals surface area (Å²) < 4.78 is 0.631. The summed E-state index contributed by atoms with van der Waals surface area (Å²) in [6.07, 6.45) is 0.227. The van der Waals surface area contributed by atoms with Crippen LogP contribution in [0.15, 0.2) is 22.7 Å². The number of carbonyl (C=O) groups excluding carboxylic acids is 1. The number of nitro benzene ring substituents is 1. The second kappa shape index (κ2) is 6.11. The first-order valence-electron chi connectivity index (χ1n) is 6.80. The van der Waals surface area contributed by atoms with Gasteiger partial charge in [-0.2, -0.15) is 0 Å². The summed E-state index contributed by atoms with van der Waals surface area (Å²) in [6, 6.07) is 4.02. The molecule has 0 bridgehead atoms. The van der Waals surface area contributed by atoms with Crippen LogP contribution in [0.3, 0.4) is 0 Å². The second-order valence-corrected chi connectivity index (χ2v) is 6.63. The molecule has 0 radical (unpaired) electrons. The third-order valence-corrected chi connectivity index (χ3v) is 4.03. The van der Waals surface area contributed by atoms with Crippen LogP contribution in [0.5, 0.6) is 0 Å². The van der Waals surface area contributed by atoms with Gasteiger partial charge in [-0.3, -0.25) is 14.9 Å². The molecule has 1 aliphatic heterocycles. The van der Waals surface area contributed by atoms with E-state index in [-0.39, 0.29) is 23.9 Å². The van der Waals surface area contributed by atoms with E-state index in [2.05, 4.69) is 15.9 Å². The van der Waals surface area contributed by atoms with Crippen molar-refractivity contribution in [1.82, 2.24) is 4.90 Å². The molecule has 2 rings (SSSR count). The van der Waals surface area contributed by atoms with Crippen molar-refractivity contribution in [3.05, 3.63) is 38.3 Å². The molecule has 2 atom stereocenters. The number of carbonyl (C=O) groups is 1. The molecule has 7 heteroatoms. The van der Waals surface area contributed by atoms with Gasteiger partial charge in [0, 0.05) is 29.5 Å². The van der Waals surface area contributed by atoms with Gasteiger partial charge in [-0.15, -0.1) is 0 Å². The molecule has 21 heavy (non-hydrogen) atoms. The largest absolute Gasteiger partial charge is 0.333 e. The standard InChI is InChI=1S/C14H18BrN3O3/c1-8(2)7-17-13(19)6-11(16)14(17)10-4-3-9(15)5-12(10)18(20)21/h3-5,8,11,14H,6-7,16H2,1-2H3. The topological polar surface area (TPSA) is 89.5 Å². The Hall–Kier alpha value is -1.47. The maximum Gasteiger partial charge on any atom is 0.275 e. The van der Waals surface area contributed by atoms with Gasteiger partial charge in [0.05, 0.1) is 16.5 Å². The van der Waals surface area contributed by atoms with Gasteiger partial charge in [-0.05, 0) is 18.1 Å². The highest BCUT2D eigenvalue weighted by atomic mass is 79.9. The van der Waals surface area contributed by atoms with Gasteiger partial charge in [-0.1, -0.05) is 29.8 Å². The normalized spacial score (nSPS) is 22.1. The van der Waals surface area contributed by atoms with Gasteiger partial charge in [-0.25, -0.2) is 0 Å². The summed E-state index contributed by atoms with van der Waals surface area (Å²) in [4.78, 5) is 24.7. The van der Waals surface area contributed by atoms with Crippen molar-refractivity contribution in [1.29, 1.82) is 0 Å². The molecule has 1 fully saturated rings. The Morgan fingerprint density at radius 2 is 2.19 bits per heavy atom. The van der Waals surface area contributed by atoms with Crippen molar-refractivity contribution in [3.63, 3.8) is 0 Å². The fraction of sp³-hybridized carbons (Fsp3) is 0.500. The Morgan fingerprint density at radius 3 is 2.76 bits per heavy atom. The number of rotatable bonds is 4. The fourth-order valence-electron chi connectivity index (χ4n) is 2.75. The molecular formula is C14H18BrN3O3. The SMILES string of the molecule is CC(C)CN1C(=O)CC(N)C1c1ccc(Br)cc1[N+](=O)[O-]. The van der Waals surface area contributed by atoms with E-state index < -0.39 is 17.0 Å². The molecule has 1 heterocycles. The molecule has 2 unspecified atom stereocenters. The molecule has 0 aromatic heterocycles. The number of benzene rings is 1. The van der Waals surface area contributed by atoms with E-state index in [1.165, 1.54) is 6.07 Å². The molecule has 6 nitrogen and oxygen atoms in total. The molecule has 1 aliphatic rings. The van der Waals surface area contributed by atoms with Crippen molar-refractivity contribution in [2.45, 2.75) is 32.4 Å². The van der Waals surface area contributed by atoms with Gasteiger partial charge < -0.3 is 10.6 Å². The second-order valence-electron chi connectivity index (χ2n) is 5.71. The van der Waals surface area contributed by atoms with E-state index >= 15 is 0 Å². The highest BCUT2D eigenvalue weighted by Crippen LogP contribution is 2.38. The smallest absolute Gasteiger partial charge is 0.275 e. The molecule has 1 aromatic carbocycles. The minimum absolute atomic E-state index is 0.00622. The molecule has 2 N–H and O–H groups in total. The lowest BCUT2D eigenvalue weighted by Gasteiger charge is -2.28. The van der Waals surface area contributed by atoms with Crippen LogP contribution in [-0.2, 0) is 4.79 Å². The number of likely N-dealkylation sites (tertiary alicyclic amines) is 1. The number of nitro groups is 1. The first-order chi connectivity index (χ1) is 9.81. The predicted octanol–water partition coefficient (Wildman–Crippen LogP) is 2.61. The maximum absolute atomic E-state index is 12.1.